The van der Waals surface area contributed by atoms with Crippen molar-refractivity contribution in [2.45, 2.75) is 5.75 Å². The van der Waals surface area contributed by atoms with Crippen molar-refractivity contribution in [1.29, 1.82) is 0 Å². The molecule has 0 aliphatic heterocycles. The first-order valence-electron chi connectivity index (χ1n) is 2.52. The molecule has 0 saturated carbocycles. The van der Waals surface area contributed by atoms with Crippen molar-refractivity contribution >= 4 is 24.2 Å². The van der Waals surface area contributed by atoms with Gasteiger partial charge >= 0.3 is 0 Å². The van der Waals surface area contributed by atoms with Crippen molar-refractivity contribution in [3.05, 3.63) is 17.2 Å². The third-order valence-corrected chi connectivity index (χ3v) is 1.77. The topological polar surface area (TPSA) is 17.8 Å². The fraction of sp³-hybridized carbons (Fsp3) is 0.400. The summed E-state index contributed by atoms with van der Waals surface area (Å²) in [5, 5.41) is 0.549. The molecule has 0 aliphatic carbocycles. The highest BCUT2D eigenvalue weighted by atomic mass is 35.5. The van der Waals surface area contributed by atoms with E-state index in [1.807, 2.05) is 11.6 Å². The average molecular weight is 163 g/mol. The van der Waals surface area contributed by atoms with Crippen LogP contribution >= 0.6 is 24.2 Å². The first kappa shape index (κ1) is 6.96. The van der Waals surface area contributed by atoms with Crippen molar-refractivity contribution in [2.24, 2.45) is 7.05 Å². The second kappa shape index (κ2) is 2.62. The molecule has 9 heavy (non-hydrogen) atoms. The van der Waals surface area contributed by atoms with Gasteiger partial charge in [0.1, 0.15) is 0 Å². The van der Waals surface area contributed by atoms with Gasteiger partial charge in [-0.15, -0.1) is 0 Å². The van der Waals surface area contributed by atoms with Crippen molar-refractivity contribution < 1.29 is 0 Å². The van der Waals surface area contributed by atoms with Crippen LogP contribution in [0.15, 0.2) is 6.33 Å². The van der Waals surface area contributed by atoms with E-state index < -0.39 is 0 Å². The maximum Gasteiger partial charge on any atom is 0.151 e. The molecule has 1 aromatic rings. The monoisotopic (exact) mass is 162 g/mol. The maximum atomic E-state index is 5.66. The first-order chi connectivity index (χ1) is 4.25. The summed E-state index contributed by atoms with van der Waals surface area (Å²) in [6.07, 6.45) is 1.67. The Hall–Kier alpha value is -0.150. The lowest BCUT2D eigenvalue weighted by molar-refractivity contribution is 0.868. The minimum absolute atomic E-state index is 0.549. The molecular formula is C5H7ClN2S. The Balaban J connectivity index is 3.07. The fourth-order valence-electron chi connectivity index (χ4n) is 0.604. The lowest BCUT2D eigenvalue weighted by Gasteiger charge is -1.94. The Kier molecular flexibility index (Phi) is 2.03. The van der Waals surface area contributed by atoms with Gasteiger partial charge < -0.3 is 4.57 Å². The van der Waals surface area contributed by atoms with Crippen molar-refractivity contribution in [2.75, 3.05) is 0 Å². The Morgan fingerprint density at radius 1 is 1.89 bits per heavy atom. The van der Waals surface area contributed by atoms with Crippen LogP contribution in [0.4, 0.5) is 0 Å². The molecule has 0 saturated heterocycles. The summed E-state index contributed by atoms with van der Waals surface area (Å²) in [4.78, 5) is 3.87. The van der Waals surface area contributed by atoms with Crippen LogP contribution in [0.2, 0.25) is 5.15 Å². The number of hydrogen-bond donors (Lipinski definition) is 1. The van der Waals surface area contributed by atoms with Crippen molar-refractivity contribution in [1.82, 2.24) is 9.55 Å². The Morgan fingerprint density at radius 2 is 2.56 bits per heavy atom. The van der Waals surface area contributed by atoms with Gasteiger partial charge in [0.15, 0.2) is 5.15 Å². The molecule has 1 rings (SSSR count). The molecule has 50 valence electrons. The quantitative estimate of drug-likeness (QED) is 0.620. The minimum Gasteiger partial charge on any atom is -0.336 e. The lowest BCUT2D eigenvalue weighted by atomic mass is 10.5. The highest BCUT2D eigenvalue weighted by molar-refractivity contribution is 7.79. The third kappa shape index (κ3) is 1.22. The normalized spacial score (nSPS) is 10.1. The van der Waals surface area contributed by atoms with E-state index in [1.54, 1.807) is 6.33 Å². The van der Waals surface area contributed by atoms with Gasteiger partial charge in [0.05, 0.1) is 12.0 Å². The van der Waals surface area contributed by atoms with Gasteiger partial charge in [-0.2, -0.15) is 12.6 Å². The smallest absolute Gasteiger partial charge is 0.151 e. The fourth-order valence-corrected chi connectivity index (χ4v) is 1.31. The van der Waals surface area contributed by atoms with Gasteiger partial charge in [-0.3, -0.25) is 0 Å². The zero-order valence-corrected chi connectivity index (χ0v) is 6.65. The zero-order valence-electron chi connectivity index (χ0n) is 5.00. The van der Waals surface area contributed by atoms with Gasteiger partial charge in [-0.05, 0) is 0 Å². The van der Waals surface area contributed by atoms with Crippen LogP contribution in [0, 0.1) is 0 Å². The van der Waals surface area contributed by atoms with E-state index in [2.05, 4.69) is 17.6 Å². The number of aryl methyl sites for hydroxylation is 1. The summed E-state index contributed by atoms with van der Waals surface area (Å²) in [7, 11) is 1.89. The van der Waals surface area contributed by atoms with E-state index in [-0.39, 0.29) is 0 Å². The number of rotatable bonds is 1. The number of halogens is 1. The van der Waals surface area contributed by atoms with Gasteiger partial charge in [0.2, 0.25) is 0 Å². The van der Waals surface area contributed by atoms with Crippen LogP contribution in [0.1, 0.15) is 5.69 Å². The van der Waals surface area contributed by atoms with E-state index in [0.29, 0.717) is 10.9 Å². The first-order valence-corrected chi connectivity index (χ1v) is 3.53. The molecule has 0 radical (unpaired) electrons. The molecule has 0 fully saturated rings. The van der Waals surface area contributed by atoms with Crippen LogP contribution in [0.3, 0.4) is 0 Å². The predicted octanol–water partition coefficient (Wildman–Crippen LogP) is 1.50. The van der Waals surface area contributed by atoms with Crippen LogP contribution in [-0.4, -0.2) is 9.55 Å². The number of hydrogen-bond acceptors (Lipinski definition) is 2. The van der Waals surface area contributed by atoms with Gasteiger partial charge in [0, 0.05) is 12.8 Å². The zero-order chi connectivity index (χ0) is 6.85. The molecule has 2 nitrogen and oxygen atoms in total. The third-order valence-electron chi connectivity index (χ3n) is 1.16. The Morgan fingerprint density at radius 3 is 2.78 bits per heavy atom. The Bertz CT molecular complexity index is 189. The molecule has 0 spiro atoms. The van der Waals surface area contributed by atoms with Crippen molar-refractivity contribution in [3.63, 3.8) is 0 Å². The molecule has 0 amide bonds. The molecule has 0 aromatic carbocycles. The van der Waals surface area contributed by atoms with E-state index in [1.165, 1.54) is 0 Å². The molecule has 0 atom stereocenters. The summed E-state index contributed by atoms with van der Waals surface area (Å²) in [6, 6.07) is 0. The van der Waals surface area contributed by atoms with Crippen LogP contribution in [0.25, 0.3) is 0 Å². The minimum atomic E-state index is 0.549. The number of imidazole rings is 1. The largest absolute Gasteiger partial charge is 0.336 e. The molecular weight excluding hydrogens is 156 g/mol. The number of aromatic nitrogens is 2. The highest BCUT2D eigenvalue weighted by Gasteiger charge is 2.01. The Labute approximate surface area is 64.3 Å². The standard InChI is InChI=1S/C5H7ClN2S/c1-8-3-7-5(6)4(8)2-9/h3,9H,2H2,1H3. The molecule has 0 bridgehead atoms. The second-order valence-corrected chi connectivity index (χ2v) is 2.43. The van der Waals surface area contributed by atoms with Gasteiger partial charge in [0.25, 0.3) is 0 Å². The van der Waals surface area contributed by atoms with Crippen LogP contribution in [-0.2, 0) is 12.8 Å². The second-order valence-electron chi connectivity index (χ2n) is 1.75. The highest BCUT2D eigenvalue weighted by Crippen LogP contribution is 2.13. The van der Waals surface area contributed by atoms with Crippen molar-refractivity contribution in [3.8, 4) is 0 Å². The molecule has 1 heterocycles. The summed E-state index contributed by atoms with van der Waals surface area (Å²) >= 11 is 9.73. The molecule has 0 aliphatic rings. The number of nitrogens with zero attached hydrogens (tertiary/aromatic N) is 2. The lowest BCUT2D eigenvalue weighted by Crippen LogP contribution is -1.90. The van der Waals surface area contributed by atoms with E-state index in [0.717, 1.165) is 5.69 Å². The van der Waals surface area contributed by atoms with Crippen LogP contribution in [0.5, 0.6) is 0 Å². The summed E-state index contributed by atoms with van der Waals surface area (Å²) in [5.74, 6) is 0.634. The van der Waals surface area contributed by atoms with E-state index in [9.17, 15) is 0 Å². The molecule has 0 unspecified atom stereocenters. The van der Waals surface area contributed by atoms with E-state index >= 15 is 0 Å². The summed E-state index contributed by atoms with van der Waals surface area (Å²) in [6.45, 7) is 0. The van der Waals surface area contributed by atoms with Crippen LogP contribution < -0.4 is 0 Å². The molecule has 1 aromatic heterocycles. The summed E-state index contributed by atoms with van der Waals surface area (Å²) in [5.41, 5.74) is 0.958. The maximum absolute atomic E-state index is 5.66. The van der Waals surface area contributed by atoms with Gasteiger partial charge in [-0.1, -0.05) is 11.6 Å². The molecule has 0 N–H and O–H groups in total. The predicted molar refractivity (Wildman–Crippen MR) is 40.9 cm³/mol. The van der Waals surface area contributed by atoms with Gasteiger partial charge in [-0.25, -0.2) is 4.98 Å². The van der Waals surface area contributed by atoms with E-state index in [4.69, 9.17) is 11.6 Å². The average Bonchev–Trinajstić information content (AvgIpc) is 2.12. The molecule has 4 heteroatoms. The number of thiol groups is 1. The SMILES string of the molecule is Cn1cnc(Cl)c1CS. The summed E-state index contributed by atoms with van der Waals surface area (Å²) < 4.78 is 1.86.